The van der Waals surface area contributed by atoms with Gasteiger partial charge in [-0.15, -0.1) is 0 Å². The topological polar surface area (TPSA) is 73.9 Å². The number of hydrogen-bond donors (Lipinski definition) is 1. The van der Waals surface area contributed by atoms with Crippen molar-refractivity contribution in [2.75, 3.05) is 21.3 Å². The van der Waals surface area contributed by atoms with Gasteiger partial charge in [0.2, 0.25) is 11.7 Å². The molecule has 1 aliphatic carbocycles. The SMILES string of the molecule is COc1ccc([C@@H]2CC(=O)NC3=C2C(=O)C[C@@H](c2ccc(C(C)(C)C)cc2)C3)c(OC)c1OC. The lowest BCUT2D eigenvalue weighted by molar-refractivity contribution is -0.122. The first kappa shape index (κ1) is 23.9. The molecule has 1 heterocycles. The summed E-state index contributed by atoms with van der Waals surface area (Å²) in [5.74, 6) is 1.08. The molecule has 6 heteroatoms. The summed E-state index contributed by atoms with van der Waals surface area (Å²) >= 11 is 0. The molecule has 0 bridgehead atoms. The van der Waals surface area contributed by atoms with E-state index in [1.54, 1.807) is 27.4 Å². The van der Waals surface area contributed by atoms with Crippen molar-refractivity contribution < 1.29 is 23.8 Å². The second kappa shape index (κ2) is 9.16. The lowest BCUT2D eigenvalue weighted by Gasteiger charge is -2.35. The maximum atomic E-state index is 13.5. The van der Waals surface area contributed by atoms with Crippen LogP contribution >= 0.6 is 0 Å². The number of allylic oxidation sites excluding steroid dienone is 2. The third-order valence-electron chi connectivity index (χ3n) is 6.89. The van der Waals surface area contributed by atoms with E-state index in [0.717, 1.165) is 16.8 Å². The molecule has 1 N–H and O–H groups in total. The maximum absolute atomic E-state index is 13.5. The number of rotatable bonds is 5. The maximum Gasteiger partial charge on any atom is 0.225 e. The average Bonchev–Trinajstić information content (AvgIpc) is 2.81. The molecule has 2 aromatic rings. The standard InChI is InChI=1S/C28H33NO5/c1-28(2,3)18-9-7-16(8-10-18)17-13-21-25(22(30)14-17)20(15-24(31)29-21)19-11-12-23(32-4)27(34-6)26(19)33-5/h7-12,17,20H,13-15H2,1-6H3,(H,29,31)/t17-,20-/m0/s1. The Labute approximate surface area is 201 Å². The summed E-state index contributed by atoms with van der Waals surface area (Å²) < 4.78 is 16.6. The van der Waals surface area contributed by atoms with Gasteiger partial charge >= 0.3 is 0 Å². The molecule has 0 fully saturated rings. The van der Waals surface area contributed by atoms with Crippen LogP contribution in [0, 0.1) is 0 Å². The second-order valence-electron chi connectivity index (χ2n) is 10.0. The van der Waals surface area contributed by atoms with Gasteiger partial charge in [-0.1, -0.05) is 51.1 Å². The summed E-state index contributed by atoms with van der Waals surface area (Å²) in [6, 6.07) is 12.2. The molecule has 2 aromatic carbocycles. The number of nitrogens with one attached hydrogen (secondary N) is 1. The van der Waals surface area contributed by atoms with Crippen molar-refractivity contribution in [3.05, 3.63) is 64.4 Å². The Kier molecular flexibility index (Phi) is 6.43. The van der Waals surface area contributed by atoms with Crippen molar-refractivity contribution in [2.45, 2.75) is 57.3 Å². The fourth-order valence-corrected chi connectivity index (χ4v) is 5.12. The molecule has 1 aliphatic heterocycles. The summed E-state index contributed by atoms with van der Waals surface area (Å²) in [7, 11) is 4.66. The molecule has 0 saturated heterocycles. The van der Waals surface area contributed by atoms with Crippen LogP contribution < -0.4 is 19.5 Å². The molecule has 4 rings (SSSR count). The second-order valence-corrected chi connectivity index (χ2v) is 10.0. The Hall–Kier alpha value is -3.28. The molecule has 34 heavy (non-hydrogen) atoms. The Morgan fingerprint density at radius 3 is 2.09 bits per heavy atom. The highest BCUT2D eigenvalue weighted by Crippen LogP contribution is 2.49. The van der Waals surface area contributed by atoms with Crippen LogP contribution in [-0.2, 0) is 15.0 Å². The van der Waals surface area contributed by atoms with E-state index in [9.17, 15) is 9.59 Å². The van der Waals surface area contributed by atoms with Crippen molar-refractivity contribution in [1.82, 2.24) is 5.32 Å². The minimum absolute atomic E-state index is 0.0339. The molecule has 2 aliphatic rings. The first-order chi connectivity index (χ1) is 16.2. The van der Waals surface area contributed by atoms with Gasteiger partial charge < -0.3 is 19.5 Å². The number of carbonyl (C=O) groups excluding carboxylic acids is 2. The van der Waals surface area contributed by atoms with Crippen LogP contribution in [0.2, 0.25) is 0 Å². The van der Waals surface area contributed by atoms with E-state index in [4.69, 9.17) is 14.2 Å². The average molecular weight is 464 g/mol. The van der Waals surface area contributed by atoms with E-state index < -0.39 is 5.92 Å². The Bertz CT molecular complexity index is 1140. The minimum atomic E-state index is -0.393. The molecule has 0 unspecified atom stereocenters. The molecule has 0 spiro atoms. The first-order valence-electron chi connectivity index (χ1n) is 11.6. The van der Waals surface area contributed by atoms with Crippen LogP contribution in [0.3, 0.4) is 0 Å². The zero-order valence-corrected chi connectivity index (χ0v) is 20.8. The van der Waals surface area contributed by atoms with E-state index >= 15 is 0 Å². The normalized spacial score (nSPS) is 20.5. The number of ketones is 1. The van der Waals surface area contributed by atoms with Crippen molar-refractivity contribution >= 4 is 11.7 Å². The molecule has 0 aromatic heterocycles. The highest BCUT2D eigenvalue weighted by Gasteiger charge is 2.40. The molecule has 6 nitrogen and oxygen atoms in total. The smallest absolute Gasteiger partial charge is 0.225 e. The van der Waals surface area contributed by atoms with E-state index in [1.165, 1.54) is 5.56 Å². The molecule has 0 radical (unpaired) electrons. The van der Waals surface area contributed by atoms with Gasteiger partial charge in [0, 0.05) is 35.6 Å². The highest BCUT2D eigenvalue weighted by molar-refractivity contribution is 6.02. The number of amides is 1. The fourth-order valence-electron chi connectivity index (χ4n) is 5.12. The number of Topliss-reactive ketones (excluding diaryl/α,β-unsaturated/α-hetero) is 1. The summed E-state index contributed by atoms with van der Waals surface area (Å²) in [6.07, 6.45) is 1.21. The molecular weight excluding hydrogens is 430 g/mol. The lowest BCUT2D eigenvalue weighted by Crippen LogP contribution is -2.38. The summed E-state index contributed by atoms with van der Waals surface area (Å²) in [6.45, 7) is 6.55. The van der Waals surface area contributed by atoms with Gasteiger partial charge in [-0.05, 0) is 34.9 Å². The quantitative estimate of drug-likeness (QED) is 0.674. The van der Waals surface area contributed by atoms with Gasteiger partial charge in [0.15, 0.2) is 17.3 Å². The Morgan fingerprint density at radius 1 is 0.824 bits per heavy atom. The van der Waals surface area contributed by atoms with Gasteiger partial charge in [0.25, 0.3) is 0 Å². The monoisotopic (exact) mass is 463 g/mol. The molecule has 1 amide bonds. The van der Waals surface area contributed by atoms with Crippen LogP contribution in [0.5, 0.6) is 17.2 Å². The summed E-state index contributed by atoms with van der Waals surface area (Å²) in [5.41, 5.74) is 4.59. The molecular formula is C28H33NO5. The number of methoxy groups -OCH3 is 3. The largest absolute Gasteiger partial charge is 0.493 e. The number of ether oxygens (including phenoxy) is 3. The summed E-state index contributed by atoms with van der Waals surface area (Å²) in [5, 5.41) is 3.00. The number of benzene rings is 2. The van der Waals surface area contributed by atoms with Gasteiger partial charge in [-0.25, -0.2) is 0 Å². The van der Waals surface area contributed by atoms with Crippen LogP contribution in [0.25, 0.3) is 0 Å². The van der Waals surface area contributed by atoms with Crippen molar-refractivity contribution in [3.63, 3.8) is 0 Å². The van der Waals surface area contributed by atoms with Crippen molar-refractivity contribution in [2.24, 2.45) is 0 Å². The zero-order chi connectivity index (χ0) is 24.6. The lowest BCUT2D eigenvalue weighted by atomic mass is 9.73. The Balaban J connectivity index is 1.72. The van der Waals surface area contributed by atoms with Crippen LogP contribution in [0.4, 0.5) is 0 Å². The predicted molar refractivity (Wildman–Crippen MR) is 131 cm³/mol. The van der Waals surface area contributed by atoms with E-state index in [2.05, 4.69) is 50.4 Å². The Morgan fingerprint density at radius 2 is 1.50 bits per heavy atom. The third kappa shape index (κ3) is 4.29. The van der Waals surface area contributed by atoms with E-state index in [0.29, 0.717) is 35.7 Å². The number of hydrogen-bond acceptors (Lipinski definition) is 5. The van der Waals surface area contributed by atoms with E-state index in [-0.39, 0.29) is 29.4 Å². The third-order valence-corrected chi connectivity index (χ3v) is 6.89. The summed E-state index contributed by atoms with van der Waals surface area (Å²) in [4.78, 5) is 26.2. The van der Waals surface area contributed by atoms with Gasteiger partial charge in [-0.2, -0.15) is 0 Å². The van der Waals surface area contributed by atoms with E-state index in [1.807, 2.05) is 6.07 Å². The zero-order valence-electron chi connectivity index (χ0n) is 20.8. The highest BCUT2D eigenvalue weighted by atomic mass is 16.5. The van der Waals surface area contributed by atoms with Gasteiger partial charge in [0.1, 0.15) is 0 Å². The molecule has 180 valence electrons. The fraction of sp³-hybridized carbons (Fsp3) is 0.429. The minimum Gasteiger partial charge on any atom is -0.493 e. The number of carbonyl (C=O) groups is 2. The molecule has 0 saturated carbocycles. The van der Waals surface area contributed by atoms with Crippen molar-refractivity contribution in [1.29, 1.82) is 0 Å². The van der Waals surface area contributed by atoms with Gasteiger partial charge in [-0.3, -0.25) is 9.59 Å². The van der Waals surface area contributed by atoms with Gasteiger partial charge in [0.05, 0.1) is 21.3 Å². The predicted octanol–water partition coefficient (Wildman–Crippen LogP) is 5.01. The van der Waals surface area contributed by atoms with Crippen LogP contribution in [-0.4, -0.2) is 33.0 Å². The van der Waals surface area contributed by atoms with Crippen molar-refractivity contribution in [3.8, 4) is 17.2 Å². The first-order valence-corrected chi connectivity index (χ1v) is 11.6. The van der Waals surface area contributed by atoms with Crippen LogP contribution in [0.1, 0.15) is 68.6 Å². The van der Waals surface area contributed by atoms with Crippen LogP contribution in [0.15, 0.2) is 47.7 Å². The molecule has 2 atom stereocenters.